The van der Waals surface area contributed by atoms with Crippen LogP contribution in [-0.4, -0.2) is 276 Å². The highest BCUT2D eigenvalue weighted by Gasteiger charge is 2.49. The number of aromatic nitrogens is 8. The fraction of sp³-hybridized carbons (Fsp3) is 0.340. The normalized spacial score (nSPS) is 20.9. The van der Waals surface area contributed by atoms with Crippen LogP contribution in [0, 0.1) is 47.4 Å². The van der Waals surface area contributed by atoms with E-state index in [0.29, 0.717) is 131 Å². The number of likely N-dealkylation sites (N-methyl/N-ethyl adjacent to an activating group) is 4. The molecule has 1 unspecified atom stereocenters. The van der Waals surface area contributed by atoms with Crippen LogP contribution < -0.4 is 42.7 Å². The van der Waals surface area contributed by atoms with E-state index in [0.717, 1.165) is 57.4 Å². The fourth-order valence-corrected chi connectivity index (χ4v) is 16.0. The summed E-state index contributed by atoms with van der Waals surface area (Å²) >= 11 is 0. The second-order valence-electron chi connectivity index (χ2n) is 32.5. The number of benzene rings is 5. The molecule has 7 saturated heterocycles. The van der Waals surface area contributed by atoms with E-state index in [-0.39, 0.29) is 65.9 Å². The van der Waals surface area contributed by atoms with Crippen molar-refractivity contribution in [2.45, 2.75) is 91.8 Å². The Balaban J connectivity index is 0.000000139. The lowest BCUT2D eigenvalue weighted by atomic mass is 9.94. The molecule has 1 spiro atoms. The van der Waals surface area contributed by atoms with E-state index in [1.165, 1.54) is 43.4 Å². The Morgan fingerprint density at radius 3 is 1.21 bits per heavy atom. The SMILES string of the molecule is CN1CC[C@@](O)(C#Cc2cccc(-c3nc(C(N)=O)cc(N4CCCC45COC5)n3)c2)C1=O.CN1CC[C@@](O)(C#Cc2cccc(-c3nc(C(N)=O)cc(N4CCc5ccccc54)n3)c2)C1=O.COCC1CCCN1c1cc(C(N)=O)nc(-c2cccc(C#C[C@]3(O)CCN(C)C3=O)c2)n1.CON(C)c1cc(C(N)=O)nc(-c2cccc(C#C[C@]3(O)CCN(C)C3=O)c2)n1. The number of carbonyl (C=O) groups excluding carboxylic acids is 8. The summed E-state index contributed by atoms with van der Waals surface area (Å²) in [7, 11) is 11.3. The Labute approximate surface area is 743 Å². The van der Waals surface area contributed by atoms with Gasteiger partial charge in [0.15, 0.2) is 29.1 Å². The molecule has 0 radical (unpaired) electrons. The van der Waals surface area contributed by atoms with Gasteiger partial charge in [-0.25, -0.2) is 44.9 Å². The average molecular weight is 1750 g/mol. The molecule has 7 fully saturated rings. The molecule has 8 aliphatic rings. The fourth-order valence-electron chi connectivity index (χ4n) is 16.0. The Bertz CT molecular complexity index is 6220. The number of hydrogen-bond acceptors (Lipinski definition) is 27. The summed E-state index contributed by atoms with van der Waals surface area (Å²) in [5.41, 5.74) is 22.9. The van der Waals surface area contributed by atoms with Gasteiger partial charge in [-0.1, -0.05) is 114 Å². The van der Waals surface area contributed by atoms with Crippen molar-refractivity contribution in [1.82, 2.24) is 59.5 Å². The predicted molar refractivity (Wildman–Crippen MR) is 475 cm³/mol. The molecule has 8 aliphatic heterocycles. The summed E-state index contributed by atoms with van der Waals surface area (Å²) in [4.78, 5) is 149. The summed E-state index contributed by atoms with van der Waals surface area (Å²) in [5, 5.41) is 43.5. The molecule has 12 heterocycles. The van der Waals surface area contributed by atoms with E-state index in [4.69, 9.17) is 52.2 Å². The number of methoxy groups -OCH3 is 1. The zero-order valence-corrected chi connectivity index (χ0v) is 72.1. The number of para-hydroxylation sites is 1. The molecular formula is C94H96N20O15. The number of amides is 8. The number of carbonyl (C=O) groups is 8. The second kappa shape index (κ2) is 37.9. The largest absolute Gasteiger partial charge is 0.383 e. The number of anilines is 5. The smallest absolute Gasteiger partial charge is 0.267 e. The minimum Gasteiger partial charge on any atom is -0.383 e. The highest BCUT2D eigenvalue weighted by atomic mass is 16.7. The van der Waals surface area contributed by atoms with Crippen LogP contribution in [0.4, 0.5) is 29.0 Å². The summed E-state index contributed by atoms with van der Waals surface area (Å²) in [6.45, 7) is 6.03. The molecular weight excluding hydrogens is 1650 g/mol. The van der Waals surface area contributed by atoms with Gasteiger partial charge in [-0.05, 0) is 92.3 Å². The molecule has 129 heavy (non-hydrogen) atoms. The number of rotatable bonds is 15. The zero-order chi connectivity index (χ0) is 91.9. The molecule has 0 aliphatic carbocycles. The van der Waals surface area contributed by atoms with Crippen LogP contribution >= 0.6 is 0 Å². The van der Waals surface area contributed by atoms with Gasteiger partial charge in [-0.2, -0.15) is 0 Å². The van der Waals surface area contributed by atoms with Gasteiger partial charge >= 0.3 is 0 Å². The maximum atomic E-state index is 12.2. The van der Waals surface area contributed by atoms with Gasteiger partial charge in [-0.15, -0.1) is 0 Å². The first-order chi connectivity index (χ1) is 61.7. The van der Waals surface area contributed by atoms with E-state index in [9.17, 15) is 58.8 Å². The molecule has 9 aromatic rings. The van der Waals surface area contributed by atoms with E-state index in [1.807, 2.05) is 41.3 Å². The number of nitrogens with zero attached hydrogens (tertiary/aromatic N) is 16. The number of hydrogen-bond donors (Lipinski definition) is 8. The minimum atomic E-state index is -1.68. The summed E-state index contributed by atoms with van der Waals surface area (Å²) in [5.74, 6) is 21.7. The lowest BCUT2D eigenvalue weighted by molar-refractivity contribution is -0.138. The van der Waals surface area contributed by atoms with Crippen LogP contribution in [0.3, 0.4) is 0 Å². The van der Waals surface area contributed by atoms with Crippen molar-refractivity contribution in [3.8, 4) is 92.9 Å². The minimum absolute atomic E-state index is 0.0410. The molecule has 35 nitrogen and oxygen atoms in total. The van der Waals surface area contributed by atoms with Gasteiger partial charge in [0.05, 0.1) is 38.5 Å². The molecule has 12 N–H and O–H groups in total. The molecule has 662 valence electrons. The Kier molecular flexibility index (Phi) is 26.6. The first kappa shape index (κ1) is 90.6. The van der Waals surface area contributed by atoms with Crippen molar-refractivity contribution in [2.75, 3.05) is 135 Å². The van der Waals surface area contributed by atoms with Gasteiger partial charge in [-0.3, -0.25) is 43.2 Å². The number of aliphatic hydroxyl groups is 4. The van der Waals surface area contributed by atoms with Gasteiger partial charge in [0, 0.05) is 188 Å². The summed E-state index contributed by atoms with van der Waals surface area (Å²) in [6, 6.07) is 42.9. The van der Waals surface area contributed by atoms with Crippen LogP contribution in [0.15, 0.2) is 146 Å². The number of nitrogens with two attached hydrogens (primary N) is 4. The molecule has 0 bridgehead atoms. The standard InChI is InChI=1S/C26H23N5O3.C24H25N5O4.C24H27N5O4.C20H21N5O4/c1-30-14-12-26(34,25(30)33)11-9-17-5-4-7-19(15-17)24-28-20(23(27)32)16-22(29-24)31-13-10-18-6-2-3-8-21(18)31;1-28-11-9-24(32,22(28)31)8-6-16-4-2-5-17(12-16)21-26-18(20(25)30)13-19(27-21)29-10-3-7-23(29)14-33-15-23;1-28-12-10-24(32,23(28)31)9-8-16-5-3-6-17(13-16)22-26-19(21(25)30)14-20(27-22)29-11-4-7-18(29)15-33-2;1-24-10-9-20(28,19(24)27)8-7-13-5-4-6-14(11-13)18-22-15(17(21)26)12-16(23-18)25(2)29-3/h2-8,15-16,34H,10,12-14H2,1H3,(H2,27,32);2,4-5,12-13,32H,3,7,9-11,14-15H2,1H3,(H2,25,30);3,5-6,13-14,18,32H,4,7,10-12,15H2,1-2H3,(H2,25,30);4-6,11-12,28H,9-10H2,1-3H3,(H2,21,26)/t26-;24-;18?,24-;20-/m0000/s1. The van der Waals surface area contributed by atoms with E-state index >= 15 is 0 Å². The lowest BCUT2D eigenvalue weighted by Crippen LogP contribution is -2.59. The third kappa shape index (κ3) is 20.0. The molecule has 5 atom stereocenters. The van der Waals surface area contributed by atoms with Crippen molar-refractivity contribution in [3.63, 3.8) is 0 Å². The molecule has 17 rings (SSSR count). The number of ether oxygens (including phenoxy) is 2. The van der Waals surface area contributed by atoms with Gasteiger partial charge in [0.2, 0.25) is 22.4 Å². The second-order valence-corrected chi connectivity index (χ2v) is 32.5. The van der Waals surface area contributed by atoms with Crippen molar-refractivity contribution in [3.05, 3.63) is 196 Å². The van der Waals surface area contributed by atoms with Crippen molar-refractivity contribution < 1.29 is 73.1 Å². The van der Waals surface area contributed by atoms with Crippen LogP contribution in [-0.2, 0) is 39.9 Å². The maximum absolute atomic E-state index is 12.2. The Hall–Kier alpha value is -14.7. The quantitative estimate of drug-likeness (QED) is 0.0538. The monoisotopic (exact) mass is 1740 g/mol. The van der Waals surface area contributed by atoms with Crippen molar-refractivity contribution in [1.29, 1.82) is 0 Å². The van der Waals surface area contributed by atoms with Crippen molar-refractivity contribution in [2.24, 2.45) is 22.9 Å². The van der Waals surface area contributed by atoms with Gasteiger partial charge in [0.25, 0.3) is 47.3 Å². The molecule has 35 heteroatoms. The number of fused-ring (bicyclic) bond motifs is 1. The lowest BCUT2D eigenvalue weighted by Gasteiger charge is -2.45. The molecule has 4 aromatic heterocycles. The number of likely N-dealkylation sites (tertiary alicyclic amines) is 4. The third-order valence-corrected chi connectivity index (χ3v) is 23.4. The predicted octanol–water partition coefficient (Wildman–Crippen LogP) is 3.43. The highest BCUT2D eigenvalue weighted by molar-refractivity contribution is 5.96. The number of hydroxylamine groups is 1. The Morgan fingerprint density at radius 2 is 0.829 bits per heavy atom. The summed E-state index contributed by atoms with van der Waals surface area (Å²) < 4.78 is 10.8. The summed E-state index contributed by atoms with van der Waals surface area (Å²) in [6.07, 6.45) is 5.94. The highest BCUT2D eigenvalue weighted by Crippen LogP contribution is 2.41. The first-order valence-corrected chi connectivity index (χ1v) is 41.6. The number of primary amides is 4. The zero-order valence-electron chi connectivity index (χ0n) is 72.1. The molecule has 0 saturated carbocycles. The van der Waals surface area contributed by atoms with E-state index < -0.39 is 69.7 Å². The average Bonchev–Trinajstić information content (AvgIpc) is 1.63. The maximum Gasteiger partial charge on any atom is 0.267 e. The molecule has 8 amide bonds. The third-order valence-electron chi connectivity index (χ3n) is 23.4. The van der Waals surface area contributed by atoms with E-state index in [2.05, 4.69) is 88.1 Å². The first-order valence-electron chi connectivity index (χ1n) is 41.6. The van der Waals surface area contributed by atoms with Gasteiger partial charge in [0.1, 0.15) is 40.2 Å². The van der Waals surface area contributed by atoms with E-state index in [1.54, 1.807) is 139 Å². The Morgan fingerprint density at radius 1 is 0.450 bits per heavy atom. The van der Waals surface area contributed by atoms with Crippen molar-refractivity contribution >= 4 is 76.2 Å². The topological polar surface area (TPSA) is 478 Å². The van der Waals surface area contributed by atoms with Crippen LogP contribution in [0.2, 0.25) is 0 Å². The van der Waals surface area contributed by atoms with Gasteiger partial charge < -0.3 is 87.1 Å². The van der Waals surface area contributed by atoms with Crippen LogP contribution in [0.1, 0.15) is 121 Å². The van der Waals surface area contributed by atoms with Crippen LogP contribution in [0.25, 0.3) is 45.6 Å². The van der Waals surface area contributed by atoms with Crippen LogP contribution in [0.5, 0.6) is 0 Å². The molecule has 5 aromatic carbocycles.